The van der Waals surface area contributed by atoms with E-state index in [2.05, 4.69) is 20.2 Å². The molecular formula is C19H17F5N6O2. The summed E-state index contributed by atoms with van der Waals surface area (Å²) in [6, 6.07) is 0.852. The van der Waals surface area contributed by atoms with Crippen molar-refractivity contribution in [3.8, 4) is 11.6 Å². The third-order valence-corrected chi connectivity index (χ3v) is 4.40. The Hall–Kier alpha value is -3.64. The van der Waals surface area contributed by atoms with Crippen molar-refractivity contribution in [3.63, 3.8) is 0 Å². The van der Waals surface area contributed by atoms with E-state index in [9.17, 15) is 26.7 Å². The van der Waals surface area contributed by atoms with Gasteiger partial charge in [0.1, 0.15) is 18.1 Å². The van der Waals surface area contributed by atoms with Crippen LogP contribution in [0.3, 0.4) is 0 Å². The molecule has 8 nitrogen and oxygen atoms in total. The number of carbonyl (C=O) groups excluding carboxylic acids is 1. The largest absolute Gasteiger partial charge is 0.474 e. The first-order chi connectivity index (χ1) is 15.1. The van der Waals surface area contributed by atoms with Gasteiger partial charge in [0.25, 0.3) is 5.91 Å². The van der Waals surface area contributed by atoms with E-state index in [-0.39, 0.29) is 30.3 Å². The first-order valence-corrected chi connectivity index (χ1v) is 9.30. The summed E-state index contributed by atoms with van der Waals surface area (Å²) in [6.45, 7) is 3.23. The fourth-order valence-corrected chi connectivity index (χ4v) is 2.91. The Balaban J connectivity index is 1.79. The molecule has 2 heterocycles. The van der Waals surface area contributed by atoms with Crippen LogP contribution >= 0.6 is 0 Å². The number of halogens is 5. The molecule has 0 radical (unpaired) electrons. The van der Waals surface area contributed by atoms with Gasteiger partial charge in [-0.25, -0.2) is 18.7 Å². The number of benzene rings is 1. The van der Waals surface area contributed by atoms with Crippen LogP contribution in [-0.2, 0) is 6.18 Å². The molecule has 1 amide bonds. The summed E-state index contributed by atoms with van der Waals surface area (Å²) in [5.41, 5.74) is -1.79. The molecule has 0 N–H and O–H groups in total. The van der Waals surface area contributed by atoms with Crippen LogP contribution in [0.15, 0.2) is 36.9 Å². The zero-order valence-corrected chi connectivity index (χ0v) is 16.8. The van der Waals surface area contributed by atoms with E-state index in [1.165, 1.54) is 17.3 Å². The summed E-state index contributed by atoms with van der Waals surface area (Å²) in [5.74, 6) is -2.87. The van der Waals surface area contributed by atoms with E-state index < -0.39 is 35.5 Å². The lowest BCUT2D eigenvalue weighted by Gasteiger charge is -2.28. The number of hydrogen-bond acceptors (Lipinski definition) is 6. The highest BCUT2D eigenvalue weighted by Gasteiger charge is 2.33. The lowest BCUT2D eigenvalue weighted by molar-refractivity contribution is -0.141. The quantitative estimate of drug-likeness (QED) is 0.508. The molecule has 0 saturated heterocycles. The number of alkyl halides is 3. The normalized spacial score (nSPS) is 12.5. The van der Waals surface area contributed by atoms with Gasteiger partial charge in [-0.3, -0.25) is 4.79 Å². The van der Waals surface area contributed by atoms with Crippen molar-refractivity contribution in [3.05, 3.63) is 59.8 Å². The van der Waals surface area contributed by atoms with Crippen LogP contribution in [0.2, 0.25) is 0 Å². The Morgan fingerprint density at radius 2 is 1.84 bits per heavy atom. The zero-order chi connectivity index (χ0) is 23.5. The van der Waals surface area contributed by atoms with Crippen LogP contribution in [0.1, 0.15) is 29.9 Å². The molecule has 13 heteroatoms. The molecule has 32 heavy (non-hydrogen) atoms. The van der Waals surface area contributed by atoms with Crippen molar-refractivity contribution in [1.82, 2.24) is 29.9 Å². The third kappa shape index (κ3) is 4.98. The maximum Gasteiger partial charge on any atom is 0.434 e. The highest BCUT2D eigenvalue weighted by molar-refractivity contribution is 5.98. The minimum absolute atomic E-state index is 0.145. The number of amides is 1. The van der Waals surface area contributed by atoms with E-state index in [4.69, 9.17) is 4.74 Å². The molecule has 0 bridgehead atoms. The van der Waals surface area contributed by atoms with Gasteiger partial charge < -0.3 is 9.64 Å². The summed E-state index contributed by atoms with van der Waals surface area (Å²) in [7, 11) is 0. The highest BCUT2D eigenvalue weighted by atomic mass is 19.4. The molecule has 3 rings (SSSR count). The molecule has 2 aromatic heterocycles. The zero-order valence-electron chi connectivity index (χ0n) is 16.8. The van der Waals surface area contributed by atoms with Gasteiger partial charge in [-0.15, -0.1) is 4.80 Å². The van der Waals surface area contributed by atoms with Gasteiger partial charge in [-0.2, -0.15) is 23.4 Å². The minimum Gasteiger partial charge on any atom is -0.474 e. The Morgan fingerprint density at radius 3 is 2.41 bits per heavy atom. The topological polar surface area (TPSA) is 86.0 Å². The van der Waals surface area contributed by atoms with E-state index in [0.717, 1.165) is 17.1 Å². The Morgan fingerprint density at radius 1 is 1.16 bits per heavy atom. The lowest BCUT2D eigenvalue weighted by Crippen LogP contribution is -2.42. The van der Waals surface area contributed by atoms with Crippen molar-refractivity contribution in [2.45, 2.75) is 26.1 Å². The van der Waals surface area contributed by atoms with Crippen molar-refractivity contribution in [2.24, 2.45) is 0 Å². The van der Waals surface area contributed by atoms with E-state index in [0.29, 0.717) is 12.3 Å². The second kappa shape index (κ2) is 9.24. The SMILES string of the molecule is CCN(C(=O)c1cc(F)cc(F)c1-n1nccn1)C(C)COc1cnc(C(F)(F)F)cn1. The monoisotopic (exact) mass is 456 g/mol. The maximum absolute atomic E-state index is 14.5. The van der Waals surface area contributed by atoms with Crippen LogP contribution < -0.4 is 4.74 Å². The van der Waals surface area contributed by atoms with Gasteiger partial charge in [-0.05, 0) is 19.9 Å². The maximum atomic E-state index is 14.5. The fourth-order valence-electron chi connectivity index (χ4n) is 2.91. The number of hydrogen-bond donors (Lipinski definition) is 0. The molecule has 0 spiro atoms. The number of nitrogens with zero attached hydrogens (tertiary/aromatic N) is 6. The third-order valence-electron chi connectivity index (χ3n) is 4.40. The molecule has 0 fully saturated rings. The van der Waals surface area contributed by atoms with E-state index in [1.807, 2.05) is 0 Å². The lowest BCUT2D eigenvalue weighted by atomic mass is 10.1. The number of rotatable bonds is 7. The Labute approximate surface area is 178 Å². The molecule has 0 saturated carbocycles. The van der Waals surface area contributed by atoms with Crippen LogP contribution in [0.4, 0.5) is 22.0 Å². The van der Waals surface area contributed by atoms with E-state index >= 15 is 0 Å². The fraction of sp³-hybridized carbons (Fsp3) is 0.316. The molecule has 170 valence electrons. The Bertz CT molecular complexity index is 1070. The van der Waals surface area contributed by atoms with Gasteiger partial charge in [0.2, 0.25) is 5.88 Å². The number of likely N-dealkylation sites (N-methyl/N-ethyl adjacent to an activating group) is 1. The van der Waals surface area contributed by atoms with Crippen molar-refractivity contribution >= 4 is 5.91 Å². The molecule has 0 aliphatic rings. The predicted octanol–water partition coefficient (Wildman–Crippen LogP) is 3.28. The standard InChI is InChI=1S/C19H17F5N6O2/c1-3-29(11(2)10-32-16-9-25-15(8-26-16)19(22,23)24)18(31)13-6-12(20)7-14(21)17(13)30-27-4-5-28-30/h4-9,11H,3,10H2,1-2H3. The second-order valence-electron chi connectivity index (χ2n) is 6.59. The van der Waals surface area contributed by atoms with Crippen molar-refractivity contribution in [2.75, 3.05) is 13.2 Å². The van der Waals surface area contributed by atoms with Crippen molar-refractivity contribution in [1.29, 1.82) is 0 Å². The minimum atomic E-state index is -4.63. The summed E-state index contributed by atoms with van der Waals surface area (Å²) in [5, 5.41) is 7.61. The molecule has 1 atom stereocenters. The number of ether oxygens (including phenoxy) is 1. The van der Waals surface area contributed by atoms with Crippen LogP contribution in [-0.4, -0.2) is 55.0 Å². The number of aromatic nitrogens is 5. The van der Waals surface area contributed by atoms with E-state index in [1.54, 1.807) is 13.8 Å². The number of carbonyl (C=O) groups is 1. The second-order valence-corrected chi connectivity index (χ2v) is 6.59. The van der Waals surface area contributed by atoms with Gasteiger partial charge >= 0.3 is 6.18 Å². The molecule has 1 unspecified atom stereocenters. The average molecular weight is 456 g/mol. The predicted molar refractivity (Wildman–Crippen MR) is 100.0 cm³/mol. The smallest absolute Gasteiger partial charge is 0.434 e. The average Bonchev–Trinajstić information content (AvgIpc) is 3.26. The molecule has 0 aliphatic heterocycles. The van der Waals surface area contributed by atoms with Crippen molar-refractivity contribution < 1.29 is 31.5 Å². The first kappa shape index (κ1) is 23.0. The van der Waals surface area contributed by atoms with Gasteiger partial charge in [0.05, 0.1) is 36.4 Å². The van der Waals surface area contributed by atoms with Crippen LogP contribution in [0.25, 0.3) is 5.69 Å². The van der Waals surface area contributed by atoms with Crippen LogP contribution in [0.5, 0.6) is 5.88 Å². The van der Waals surface area contributed by atoms with Gasteiger partial charge in [0, 0.05) is 12.6 Å². The molecule has 1 aromatic carbocycles. The first-order valence-electron chi connectivity index (χ1n) is 9.30. The summed E-state index contributed by atoms with van der Waals surface area (Å²) >= 11 is 0. The summed E-state index contributed by atoms with van der Waals surface area (Å²) in [4.78, 5) is 22.1. The molecule has 3 aromatic rings. The highest BCUT2D eigenvalue weighted by Crippen LogP contribution is 2.27. The summed E-state index contributed by atoms with van der Waals surface area (Å²) < 4.78 is 71.4. The molecular weight excluding hydrogens is 439 g/mol. The Kier molecular flexibility index (Phi) is 6.65. The van der Waals surface area contributed by atoms with Crippen LogP contribution in [0, 0.1) is 11.6 Å². The molecule has 0 aliphatic carbocycles. The van der Waals surface area contributed by atoms with Gasteiger partial charge in [0.15, 0.2) is 11.5 Å². The summed E-state index contributed by atoms with van der Waals surface area (Å²) in [6.07, 6.45) is -0.739. The van der Waals surface area contributed by atoms with Gasteiger partial charge in [-0.1, -0.05) is 0 Å².